The van der Waals surface area contributed by atoms with Crippen LogP contribution in [-0.2, 0) is 17.8 Å². The highest BCUT2D eigenvalue weighted by molar-refractivity contribution is 5.97. The van der Waals surface area contributed by atoms with E-state index >= 15 is 0 Å². The maximum absolute atomic E-state index is 12.9. The van der Waals surface area contributed by atoms with Crippen molar-refractivity contribution in [2.45, 2.75) is 91.6 Å². The van der Waals surface area contributed by atoms with E-state index < -0.39 is 5.97 Å². The van der Waals surface area contributed by atoms with Gasteiger partial charge in [-0.15, -0.1) is 0 Å². The Morgan fingerprint density at radius 2 is 1.94 bits per heavy atom. The van der Waals surface area contributed by atoms with Gasteiger partial charge in [0.1, 0.15) is 5.82 Å². The van der Waals surface area contributed by atoms with Gasteiger partial charge in [0.25, 0.3) is 5.91 Å². The minimum atomic E-state index is -0.897. The molecule has 1 aromatic carbocycles. The molecule has 0 radical (unpaired) electrons. The van der Waals surface area contributed by atoms with Crippen LogP contribution in [0.2, 0.25) is 0 Å². The maximum Gasteiger partial charge on any atom is 0.305 e. The number of aliphatic carboxylic acids is 1. The molecule has 6 heteroatoms. The monoisotopic (exact) mass is 441 g/mol. The molecule has 3 rings (SSSR count). The Labute approximate surface area is 191 Å². The molecule has 1 aliphatic rings. The predicted molar refractivity (Wildman–Crippen MR) is 128 cm³/mol. The van der Waals surface area contributed by atoms with Gasteiger partial charge in [-0.05, 0) is 42.4 Å². The van der Waals surface area contributed by atoms with Crippen molar-refractivity contribution in [3.05, 3.63) is 29.6 Å². The SMILES string of the molecule is CCC(C)Cn1c(CC2CCCC2)nc2cc(C(=O)NC(CC(=O)O)CC(C)C)ccc21. The molecule has 1 heterocycles. The minimum absolute atomic E-state index is 0.0682. The molecule has 0 spiro atoms. The van der Waals surface area contributed by atoms with E-state index in [4.69, 9.17) is 4.98 Å². The second-order valence-corrected chi connectivity index (χ2v) is 10.1. The molecule has 0 saturated heterocycles. The largest absolute Gasteiger partial charge is 0.481 e. The van der Waals surface area contributed by atoms with Gasteiger partial charge in [0, 0.05) is 24.6 Å². The van der Waals surface area contributed by atoms with E-state index in [-0.39, 0.29) is 18.4 Å². The van der Waals surface area contributed by atoms with Crippen LogP contribution in [0, 0.1) is 17.8 Å². The standard InChI is InChI=1S/C26H39N3O3/c1-5-18(4)16-29-23-11-10-20(26(32)27-21(12-17(2)3)15-25(30)31)14-22(23)28-24(29)13-19-8-6-7-9-19/h10-11,14,17-19,21H,5-9,12-13,15-16H2,1-4H3,(H,27,32)(H,30,31). The number of amides is 1. The molecule has 32 heavy (non-hydrogen) atoms. The fraction of sp³-hybridized carbons (Fsp3) is 0.654. The molecule has 1 aliphatic carbocycles. The zero-order valence-electron chi connectivity index (χ0n) is 20.1. The van der Waals surface area contributed by atoms with Crippen LogP contribution in [0.3, 0.4) is 0 Å². The fourth-order valence-corrected chi connectivity index (χ4v) is 4.84. The van der Waals surface area contributed by atoms with Crippen molar-refractivity contribution in [2.24, 2.45) is 17.8 Å². The van der Waals surface area contributed by atoms with E-state index in [0.29, 0.717) is 29.7 Å². The van der Waals surface area contributed by atoms with Gasteiger partial charge in [0.2, 0.25) is 0 Å². The summed E-state index contributed by atoms with van der Waals surface area (Å²) in [5.74, 6) is 1.58. The summed E-state index contributed by atoms with van der Waals surface area (Å²) >= 11 is 0. The summed E-state index contributed by atoms with van der Waals surface area (Å²) in [5.41, 5.74) is 2.48. The van der Waals surface area contributed by atoms with Crippen molar-refractivity contribution in [1.82, 2.24) is 14.9 Å². The van der Waals surface area contributed by atoms with E-state index in [0.717, 1.165) is 36.2 Å². The molecule has 6 nitrogen and oxygen atoms in total. The average molecular weight is 442 g/mol. The third kappa shape index (κ3) is 6.33. The van der Waals surface area contributed by atoms with Crippen molar-refractivity contribution in [2.75, 3.05) is 0 Å². The summed E-state index contributed by atoms with van der Waals surface area (Å²) in [7, 11) is 0. The zero-order valence-corrected chi connectivity index (χ0v) is 20.1. The summed E-state index contributed by atoms with van der Waals surface area (Å²) < 4.78 is 2.36. The molecule has 2 atom stereocenters. The Hall–Kier alpha value is -2.37. The number of carbonyl (C=O) groups is 2. The van der Waals surface area contributed by atoms with E-state index in [1.165, 1.54) is 25.7 Å². The van der Waals surface area contributed by atoms with Gasteiger partial charge in [0.15, 0.2) is 0 Å². The van der Waals surface area contributed by atoms with Gasteiger partial charge >= 0.3 is 5.97 Å². The molecule has 0 aliphatic heterocycles. The first-order chi connectivity index (χ1) is 15.3. The van der Waals surface area contributed by atoms with Crippen molar-refractivity contribution < 1.29 is 14.7 Å². The highest BCUT2D eigenvalue weighted by Crippen LogP contribution is 2.30. The van der Waals surface area contributed by atoms with Crippen LogP contribution in [-0.4, -0.2) is 32.6 Å². The van der Waals surface area contributed by atoms with Gasteiger partial charge in [-0.1, -0.05) is 59.8 Å². The highest BCUT2D eigenvalue weighted by Gasteiger charge is 2.22. The molecule has 1 fully saturated rings. The molecule has 2 aromatic rings. The number of benzene rings is 1. The second-order valence-electron chi connectivity index (χ2n) is 10.1. The lowest BCUT2D eigenvalue weighted by molar-refractivity contribution is -0.137. The predicted octanol–water partition coefficient (Wildman–Crippen LogP) is 5.43. The van der Waals surface area contributed by atoms with Gasteiger partial charge in [-0.25, -0.2) is 4.98 Å². The van der Waals surface area contributed by atoms with E-state index in [9.17, 15) is 14.7 Å². The number of carboxylic acids is 1. The number of hydrogen-bond donors (Lipinski definition) is 2. The van der Waals surface area contributed by atoms with Crippen LogP contribution >= 0.6 is 0 Å². The third-order valence-electron chi connectivity index (χ3n) is 6.74. The van der Waals surface area contributed by atoms with Crippen molar-refractivity contribution in [3.63, 3.8) is 0 Å². The summed E-state index contributed by atoms with van der Waals surface area (Å²) in [6, 6.07) is 5.34. The molecular formula is C26H39N3O3. The number of carbonyl (C=O) groups excluding carboxylic acids is 1. The number of hydrogen-bond acceptors (Lipinski definition) is 3. The van der Waals surface area contributed by atoms with Gasteiger partial charge < -0.3 is 15.0 Å². The quantitative estimate of drug-likeness (QED) is 0.487. The molecule has 0 bridgehead atoms. The second kappa shape index (κ2) is 11.0. The average Bonchev–Trinajstić information content (AvgIpc) is 3.34. The Morgan fingerprint density at radius 3 is 2.56 bits per heavy atom. The first-order valence-electron chi connectivity index (χ1n) is 12.3. The van der Waals surface area contributed by atoms with Crippen LogP contribution in [0.4, 0.5) is 0 Å². The summed E-state index contributed by atoms with van der Waals surface area (Å²) in [4.78, 5) is 29.1. The van der Waals surface area contributed by atoms with Crippen molar-refractivity contribution >= 4 is 22.9 Å². The van der Waals surface area contributed by atoms with E-state index in [1.807, 2.05) is 32.0 Å². The minimum Gasteiger partial charge on any atom is -0.481 e. The summed E-state index contributed by atoms with van der Waals surface area (Å²) in [6.07, 6.45) is 7.87. The molecule has 2 N–H and O–H groups in total. The van der Waals surface area contributed by atoms with Gasteiger partial charge in [-0.2, -0.15) is 0 Å². The van der Waals surface area contributed by atoms with E-state index in [1.54, 1.807) is 0 Å². The van der Waals surface area contributed by atoms with E-state index in [2.05, 4.69) is 23.7 Å². The Bertz CT molecular complexity index is 928. The Balaban J connectivity index is 1.86. The summed E-state index contributed by atoms with van der Waals surface area (Å²) in [6.45, 7) is 9.49. The molecule has 2 unspecified atom stereocenters. The maximum atomic E-state index is 12.9. The zero-order chi connectivity index (χ0) is 23.3. The Kier molecular flexibility index (Phi) is 8.32. The lowest BCUT2D eigenvalue weighted by atomic mass is 10.0. The lowest BCUT2D eigenvalue weighted by Crippen LogP contribution is -2.37. The van der Waals surface area contributed by atoms with Crippen LogP contribution in [0.1, 0.15) is 88.8 Å². The third-order valence-corrected chi connectivity index (χ3v) is 6.74. The molecule has 176 valence electrons. The van der Waals surface area contributed by atoms with Crippen LogP contribution in [0.5, 0.6) is 0 Å². The fourth-order valence-electron chi connectivity index (χ4n) is 4.84. The molecular weight excluding hydrogens is 402 g/mol. The number of carboxylic acid groups (broad SMARTS) is 1. The number of nitrogens with one attached hydrogen (secondary N) is 1. The number of nitrogens with zero attached hydrogens (tertiary/aromatic N) is 2. The number of aromatic nitrogens is 2. The van der Waals surface area contributed by atoms with Crippen molar-refractivity contribution in [1.29, 1.82) is 0 Å². The van der Waals surface area contributed by atoms with Crippen LogP contribution in [0.25, 0.3) is 11.0 Å². The normalized spacial score (nSPS) is 16.5. The smallest absolute Gasteiger partial charge is 0.305 e. The van der Waals surface area contributed by atoms with Gasteiger partial charge in [0.05, 0.1) is 17.5 Å². The van der Waals surface area contributed by atoms with Crippen molar-refractivity contribution in [3.8, 4) is 0 Å². The number of fused-ring (bicyclic) bond motifs is 1. The van der Waals surface area contributed by atoms with Gasteiger partial charge in [-0.3, -0.25) is 9.59 Å². The summed E-state index contributed by atoms with van der Waals surface area (Å²) in [5, 5.41) is 12.1. The first-order valence-corrected chi connectivity index (χ1v) is 12.3. The topological polar surface area (TPSA) is 84.2 Å². The molecule has 1 aromatic heterocycles. The Morgan fingerprint density at radius 1 is 1.22 bits per heavy atom. The first kappa shape index (κ1) is 24.3. The highest BCUT2D eigenvalue weighted by atomic mass is 16.4. The van der Waals surface area contributed by atoms with Crippen LogP contribution in [0.15, 0.2) is 18.2 Å². The molecule has 1 saturated carbocycles. The molecule has 1 amide bonds. The number of rotatable bonds is 11. The lowest BCUT2D eigenvalue weighted by Gasteiger charge is -2.19. The van der Waals surface area contributed by atoms with Crippen LogP contribution < -0.4 is 5.32 Å². The number of imidazole rings is 1.